The Morgan fingerprint density at radius 3 is 2.43 bits per heavy atom. The zero-order valence-corrected chi connectivity index (χ0v) is 9.08. The van der Waals surface area contributed by atoms with Crippen LogP contribution < -0.4 is 5.73 Å². The lowest BCUT2D eigenvalue weighted by molar-refractivity contribution is 1.23. The Hall–Kier alpha value is -1.29. The number of hydrogen-bond acceptors (Lipinski definition) is 3. The number of nitrogens with zero attached hydrogens (tertiary/aromatic N) is 2. The third kappa shape index (κ3) is 3.22. The Balaban J connectivity index is 2.81. The zero-order valence-electron chi connectivity index (χ0n) is 8.27. The first-order valence-corrected chi connectivity index (χ1v) is 5.43. The molecule has 14 heavy (non-hydrogen) atoms. The van der Waals surface area contributed by atoms with Gasteiger partial charge in [0.15, 0.2) is 5.17 Å². The summed E-state index contributed by atoms with van der Waals surface area (Å²) in [6.07, 6.45) is 1.87. The third-order valence-electron chi connectivity index (χ3n) is 1.70. The number of thioether (sulfide) groups is 1. The maximum atomic E-state index is 5.51. The molecule has 0 aliphatic heterocycles. The fourth-order valence-electron chi connectivity index (χ4n) is 0.902. The second kappa shape index (κ2) is 5.44. The number of amidine groups is 1. The molecule has 0 spiro atoms. The van der Waals surface area contributed by atoms with Crippen LogP contribution in [0.15, 0.2) is 40.5 Å². The maximum absolute atomic E-state index is 5.51. The molecule has 0 heterocycles. The van der Waals surface area contributed by atoms with E-state index >= 15 is 0 Å². The van der Waals surface area contributed by atoms with Gasteiger partial charge in [0.1, 0.15) is 0 Å². The van der Waals surface area contributed by atoms with Gasteiger partial charge >= 0.3 is 0 Å². The van der Waals surface area contributed by atoms with Crippen LogP contribution in [0, 0.1) is 0 Å². The predicted molar refractivity (Wildman–Crippen MR) is 63.8 cm³/mol. The summed E-state index contributed by atoms with van der Waals surface area (Å²) >= 11 is 1.38. The van der Waals surface area contributed by atoms with Crippen molar-refractivity contribution in [2.24, 2.45) is 15.9 Å². The van der Waals surface area contributed by atoms with E-state index in [4.69, 9.17) is 5.73 Å². The molecule has 4 heteroatoms. The van der Waals surface area contributed by atoms with Gasteiger partial charge in [-0.1, -0.05) is 42.1 Å². The highest BCUT2D eigenvalue weighted by Crippen LogP contribution is 2.01. The average Bonchev–Trinajstić information content (AvgIpc) is 2.26. The number of benzene rings is 1. The molecule has 3 nitrogen and oxygen atoms in total. The van der Waals surface area contributed by atoms with E-state index in [0.29, 0.717) is 5.17 Å². The molecule has 1 aromatic carbocycles. The molecule has 0 bridgehead atoms. The fraction of sp³-hybridized carbons (Fsp3) is 0.200. The van der Waals surface area contributed by atoms with E-state index in [1.54, 1.807) is 0 Å². The highest BCUT2D eigenvalue weighted by atomic mass is 32.2. The minimum absolute atomic E-state index is 0.472. The Bertz CT molecular complexity index is 344. The molecule has 0 amide bonds. The summed E-state index contributed by atoms with van der Waals surface area (Å²) in [6.45, 7) is 1.91. The summed E-state index contributed by atoms with van der Waals surface area (Å²) in [7, 11) is 0. The monoisotopic (exact) mass is 207 g/mol. The van der Waals surface area contributed by atoms with Crippen molar-refractivity contribution in [2.75, 3.05) is 6.26 Å². The van der Waals surface area contributed by atoms with Gasteiger partial charge in [0.2, 0.25) is 0 Å². The minimum Gasteiger partial charge on any atom is -0.377 e. The van der Waals surface area contributed by atoms with Gasteiger partial charge in [-0.3, -0.25) is 0 Å². The summed E-state index contributed by atoms with van der Waals surface area (Å²) in [5.74, 6) is 0. The van der Waals surface area contributed by atoms with Gasteiger partial charge in [-0.25, -0.2) is 0 Å². The second-order valence-corrected chi connectivity index (χ2v) is 3.52. The molecule has 2 N–H and O–H groups in total. The van der Waals surface area contributed by atoms with Crippen LogP contribution in [0.3, 0.4) is 0 Å². The summed E-state index contributed by atoms with van der Waals surface area (Å²) < 4.78 is 0. The topological polar surface area (TPSA) is 50.7 Å². The largest absolute Gasteiger partial charge is 0.377 e. The molecule has 0 fully saturated rings. The third-order valence-corrected chi connectivity index (χ3v) is 2.20. The van der Waals surface area contributed by atoms with Gasteiger partial charge in [0.25, 0.3) is 0 Å². The van der Waals surface area contributed by atoms with Crippen LogP contribution in [0.25, 0.3) is 0 Å². The smallest absolute Gasteiger partial charge is 0.180 e. The molecule has 0 aliphatic carbocycles. The molecule has 0 saturated carbocycles. The normalized spacial score (nSPS) is 13.0. The van der Waals surface area contributed by atoms with Crippen molar-refractivity contribution < 1.29 is 0 Å². The molecule has 0 radical (unpaired) electrons. The molecular formula is C10H13N3S. The van der Waals surface area contributed by atoms with E-state index in [-0.39, 0.29) is 0 Å². The van der Waals surface area contributed by atoms with Gasteiger partial charge in [0.05, 0.1) is 5.71 Å². The molecule has 1 aromatic rings. The van der Waals surface area contributed by atoms with E-state index in [1.807, 2.05) is 43.5 Å². The van der Waals surface area contributed by atoms with Crippen LogP contribution in [0.5, 0.6) is 0 Å². The van der Waals surface area contributed by atoms with Crippen molar-refractivity contribution in [3.8, 4) is 0 Å². The van der Waals surface area contributed by atoms with E-state index in [9.17, 15) is 0 Å². The summed E-state index contributed by atoms with van der Waals surface area (Å²) in [4.78, 5) is 0. The van der Waals surface area contributed by atoms with Crippen LogP contribution >= 0.6 is 11.8 Å². The minimum atomic E-state index is 0.472. The van der Waals surface area contributed by atoms with Gasteiger partial charge < -0.3 is 5.73 Å². The number of hydrogen-bond donors (Lipinski definition) is 1. The highest BCUT2D eigenvalue weighted by Gasteiger charge is 1.94. The Morgan fingerprint density at radius 1 is 1.21 bits per heavy atom. The van der Waals surface area contributed by atoms with Gasteiger partial charge in [0, 0.05) is 0 Å². The molecule has 0 aromatic heterocycles. The van der Waals surface area contributed by atoms with E-state index in [2.05, 4.69) is 10.2 Å². The highest BCUT2D eigenvalue weighted by molar-refractivity contribution is 8.13. The Morgan fingerprint density at radius 2 is 1.86 bits per heavy atom. The van der Waals surface area contributed by atoms with Gasteiger partial charge in [-0.15, -0.1) is 5.10 Å². The lowest BCUT2D eigenvalue weighted by atomic mass is 10.1. The molecular weight excluding hydrogens is 194 g/mol. The SMILES string of the molecule is CS/C(N)=N\N=C(/C)c1ccccc1. The van der Waals surface area contributed by atoms with Crippen molar-refractivity contribution in [3.05, 3.63) is 35.9 Å². The van der Waals surface area contributed by atoms with Crippen molar-refractivity contribution in [2.45, 2.75) is 6.92 Å². The fourth-order valence-corrected chi connectivity index (χ4v) is 1.02. The quantitative estimate of drug-likeness (QED) is 0.458. The van der Waals surface area contributed by atoms with Crippen LogP contribution in [-0.2, 0) is 0 Å². The van der Waals surface area contributed by atoms with Gasteiger partial charge in [-0.2, -0.15) is 5.10 Å². The second-order valence-electron chi connectivity index (χ2n) is 2.69. The lowest BCUT2D eigenvalue weighted by Crippen LogP contribution is -2.04. The molecule has 0 aliphatic rings. The average molecular weight is 207 g/mol. The van der Waals surface area contributed by atoms with E-state index in [1.165, 1.54) is 11.8 Å². The predicted octanol–water partition coefficient (Wildman–Crippen LogP) is 2.09. The first kappa shape index (κ1) is 10.8. The van der Waals surface area contributed by atoms with Crippen LogP contribution in [0.1, 0.15) is 12.5 Å². The van der Waals surface area contributed by atoms with Crippen LogP contribution in [0.4, 0.5) is 0 Å². The number of rotatable bonds is 2. The Kier molecular flexibility index (Phi) is 4.19. The summed E-state index contributed by atoms with van der Waals surface area (Å²) in [5.41, 5.74) is 7.43. The summed E-state index contributed by atoms with van der Waals surface area (Å²) in [5, 5.41) is 8.36. The molecule has 0 atom stereocenters. The van der Waals surface area contributed by atoms with E-state index in [0.717, 1.165) is 11.3 Å². The van der Waals surface area contributed by atoms with E-state index < -0.39 is 0 Å². The zero-order chi connectivity index (χ0) is 10.4. The molecule has 1 rings (SSSR count). The van der Waals surface area contributed by atoms with Crippen LogP contribution in [-0.4, -0.2) is 17.1 Å². The standard InChI is InChI=1S/C10H13N3S/c1-8(12-13-10(11)14-2)9-6-4-3-5-7-9/h3-7H,1-2H3,(H2,11,13)/b12-8+. The molecule has 74 valence electrons. The lowest BCUT2D eigenvalue weighted by Gasteiger charge is -1.97. The van der Waals surface area contributed by atoms with Crippen LogP contribution in [0.2, 0.25) is 0 Å². The summed E-state index contributed by atoms with van der Waals surface area (Å²) in [6, 6.07) is 9.88. The molecule has 0 unspecified atom stereocenters. The first-order chi connectivity index (χ1) is 6.74. The van der Waals surface area contributed by atoms with Crippen molar-refractivity contribution in [1.29, 1.82) is 0 Å². The first-order valence-electron chi connectivity index (χ1n) is 4.21. The maximum Gasteiger partial charge on any atom is 0.180 e. The molecule has 0 saturated heterocycles. The number of nitrogens with two attached hydrogens (primary N) is 1. The van der Waals surface area contributed by atoms with Gasteiger partial charge in [-0.05, 0) is 18.7 Å². The van der Waals surface area contributed by atoms with Crippen molar-refractivity contribution >= 4 is 22.6 Å². The van der Waals surface area contributed by atoms with Crippen molar-refractivity contribution in [1.82, 2.24) is 0 Å². The van der Waals surface area contributed by atoms with Crippen molar-refractivity contribution in [3.63, 3.8) is 0 Å². The Labute approximate surface area is 88.1 Å².